The first-order valence-corrected chi connectivity index (χ1v) is 11.6. The van der Waals surface area contributed by atoms with E-state index in [1.54, 1.807) is 0 Å². The summed E-state index contributed by atoms with van der Waals surface area (Å²) >= 11 is 0. The molecule has 7 aromatic carbocycles. The quantitative estimate of drug-likeness (QED) is 0.212. The second kappa shape index (κ2) is 8.72. The van der Waals surface area contributed by atoms with Gasteiger partial charge in [-0.1, -0.05) is 133 Å². The van der Waals surface area contributed by atoms with Crippen molar-refractivity contribution in [3.63, 3.8) is 0 Å². The zero-order chi connectivity index (χ0) is 44.9. The summed E-state index contributed by atoms with van der Waals surface area (Å²) in [5.41, 5.74) is -4.23. The average Bonchev–Trinajstić information content (AvgIpc) is 3.61. The van der Waals surface area contributed by atoms with Gasteiger partial charge in [-0.15, -0.1) is 0 Å². The molecule has 0 N–H and O–H groups in total. The Balaban J connectivity index is 1.80. The first-order chi connectivity index (χ1) is 28.5. The topological polar surface area (TPSA) is 13.1 Å². The molecule has 1 heterocycles. The van der Waals surface area contributed by atoms with Crippen LogP contribution in [-0.2, 0) is 0 Å². The lowest BCUT2D eigenvalue weighted by molar-refractivity contribution is 0.669. The van der Waals surface area contributed by atoms with Gasteiger partial charge in [-0.25, -0.2) is 0 Å². The molecule has 182 valence electrons. The van der Waals surface area contributed by atoms with Crippen LogP contribution < -0.4 is 0 Å². The smallest absolute Gasteiger partial charge is 0.136 e. The Kier molecular flexibility index (Phi) is 2.07. The molecule has 1 aromatic heterocycles. The van der Waals surface area contributed by atoms with E-state index in [2.05, 4.69) is 0 Å². The molecular weight excluding hydrogens is 472 g/mol. The minimum Gasteiger partial charge on any atom is -0.456 e. The van der Waals surface area contributed by atoms with E-state index in [1.165, 1.54) is 0 Å². The molecular formula is C38H24O. The zero-order valence-electron chi connectivity index (χ0n) is 41.6. The van der Waals surface area contributed by atoms with Crippen molar-refractivity contribution in [2.75, 3.05) is 0 Å². The predicted molar refractivity (Wildman–Crippen MR) is 165 cm³/mol. The van der Waals surface area contributed by atoms with Gasteiger partial charge in [-0.2, -0.15) is 0 Å². The molecule has 0 aliphatic heterocycles. The van der Waals surface area contributed by atoms with Gasteiger partial charge in [0.1, 0.15) is 11.2 Å². The van der Waals surface area contributed by atoms with Crippen molar-refractivity contribution in [3.05, 3.63) is 145 Å². The second-order valence-corrected chi connectivity index (χ2v) is 8.42. The van der Waals surface area contributed by atoms with Crippen molar-refractivity contribution < 1.29 is 34.6 Å². The Morgan fingerprint density at radius 3 is 1.67 bits per heavy atom. The van der Waals surface area contributed by atoms with Crippen molar-refractivity contribution in [3.8, 4) is 33.4 Å². The van der Waals surface area contributed by atoms with E-state index in [0.29, 0.717) is 0 Å². The van der Waals surface area contributed by atoms with E-state index >= 15 is 0 Å². The fourth-order valence-electron chi connectivity index (χ4n) is 4.85. The third-order valence-electron chi connectivity index (χ3n) is 6.40. The molecule has 0 fully saturated rings. The summed E-state index contributed by atoms with van der Waals surface area (Å²) in [7, 11) is 0. The molecule has 0 aliphatic rings. The number of rotatable bonds is 3. The first kappa shape index (κ1) is 9.25. The molecule has 0 spiro atoms. The monoisotopic (exact) mass is 518 g/mol. The number of furan rings is 1. The van der Waals surface area contributed by atoms with Crippen molar-refractivity contribution in [2.24, 2.45) is 0 Å². The van der Waals surface area contributed by atoms with Crippen LogP contribution in [0.15, 0.2) is 149 Å². The summed E-state index contributed by atoms with van der Waals surface area (Å²) < 4.78 is 200. The van der Waals surface area contributed by atoms with Crippen LogP contribution in [0.5, 0.6) is 0 Å². The number of para-hydroxylation sites is 1. The Morgan fingerprint density at radius 2 is 0.923 bits per heavy atom. The van der Waals surface area contributed by atoms with Crippen molar-refractivity contribution in [1.29, 1.82) is 0 Å². The van der Waals surface area contributed by atoms with Gasteiger partial charge in [-0.3, -0.25) is 0 Å². The lowest BCUT2D eigenvalue weighted by Crippen LogP contribution is -1.93. The molecule has 0 bridgehead atoms. The summed E-state index contributed by atoms with van der Waals surface area (Å²) in [4.78, 5) is 0. The van der Waals surface area contributed by atoms with Crippen LogP contribution in [0.1, 0.15) is 30.2 Å². The molecule has 0 unspecified atom stereocenters. The highest BCUT2D eigenvalue weighted by atomic mass is 16.3. The zero-order valence-corrected chi connectivity index (χ0v) is 19.6. The van der Waals surface area contributed by atoms with Crippen LogP contribution >= 0.6 is 0 Å². The van der Waals surface area contributed by atoms with E-state index < -0.39 is 193 Å². The molecule has 8 aromatic rings. The Labute approximate surface area is 257 Å². The summed E-state index contributed by atoms with van der Waals surface area (Å²) in [6.45, 7) is 0. The number of benzene rings is 7. The van der Waals surface area contributed by atoms with Gasteiger partial charge in [0.05, 0.1) is 30.2 Å². The Hall–Kier alpha value is -5.14. The predicted octanol–water partition coefficient (Wildman–Crippen LogP) is 10.9. The minimum atomic E-state index is -0.924. The highest BCUT2D eigenvalue weighted by molar-refractivity contribution is 6.26. The van der Waals surface area contributed by atoms with Gasteiger partial charge in [0, 0.05) is 10.8 Å². The van der Waals surface area contributed by atoms with Crippen LogP contribution in [0.4, 0.5) is 0 Å². The lowest BCUT2D eigenvalue weighted by Gasteiger charge is -2.20. The minimum absolute atomic E-state index is 0.150. The summed E-state index contributed by atoms with van der Waals surface area (Å²) in [5, 5.41) is -2.86. The van der Waals surface area contributed by atoms with Gasteiger partial charge < -0.3 is 4.42 Å². The van der Waals surface area contributed by atoms with Gasteiger partial charge in [0.2, 0.25) is 0 Å². The maximum Gasteiger partial charge on any atom is 0.136 e. The fourth-order valence-corrected chi connectivity index (χ4v) is 4.85. The average molecular weight is 519 g/mol. The normalized spacial score (nSPS) is 19.5. The lowest BCUT2D eigenvalue weighted by atomic mass is 9.83. The Bertz CT molecular complexity index is 3310. The molecule has 39 heavy (non-hydrogen) atoms. The summed E-state index contributed by atoms with van der Waals surface area (Å²) in [6.07, 6.45) is 0. The van der Waals surface area contributed by atoms with Gasteiger partial charge >= 0.3 is 0 Å². The van der Waals surface area contributed by atoms with Gasteiger partial charge in [0.25, 0.3) is 0 Å². The van der Waals surface area contributed by atoms with Crippen LogP contribution in [0.3, 0.4) is 0 Å². The molecule has 0 amide bonds. The van der Waals surface area contributed by atoms with E-state index in [-0.39, 0.29) is 16.4 Å². The molecule has 0 radical (unpaired) electrons. The van der Waals surface area contributed by atoms with E-state index in [1.807, 2.05) is 0 Å². The maximum absolute atomic E-state index is 9.38. The van der Waals surface area contributed by atoms with E-state index in [0.717, 1.165) is 12.1 Å². The van der Waals surface area contributed by atoms with Crippen LogP contribution in [0.2, 0.25) is 0 Å². The highest BCUT2D eigenvalue weighted by Gasteiger charge is 2.21. The first-order valence-electron chi connectivity index (χ1n) is 22.6. The molecule has 1 heteroatoms. The van der Waals surface area contributed by atoms with E-state index in [9.17, 15) is 8.22 Å². The number of hydrogen-bond acceptors (Lipinski definition) is 1. The highest BCUT2D eigenvalue weighted by Crippen LogP contribution is 2.48. The van der Waals surface area contributed by atoms with E-state index in [4.69, 9.17) is 26.3 Å². The van der Waals surface area contributed by atoms with Gasteiger partial charge in [0.15, 0.2) is 0 Å². The largest absolute Gasteiger partial charge is 0.456 e. The maximum atomic E-state index is 9.38. The van der Waals surface area contributed by atoms with Crippen molar-refractivity contribution in [1.82, 2.24) is 0 Å². The molecule has 0 saturated carbocycles. The van der Waals surface area contributed by atoms with Crippen LogP contribution in [0.25, 0.3) is 76.9 Å². The Morgan fingerprint density at radius 1 is 0.385 bits per heavy atom. The number of fused-ring (bicyclic) bond motifs is 5. The van der Waals surface area contributed by atoms with Crippen LogP contribution in [0, 0.1) is 0 Å². The second-order valence-electron chi connectivity index (χ2n) is 8.42. The standard InChI is InChI=1S/C38H24O/c1-2-13-25(14-3-1)26-15-4-5-16-27(26)36-28-17-6-8-19-30(28)37(31-20-9-7-18-29(31)36)33-22-12-24-35-38(33)32-21-10-11-23-34(32)39-35/h1-24H/i1D,2D,3D,4D,5D,6D,7D,8D,9D,10D,11D,12D,13D,15D,16D,17D,18D,19D,20D,22D,23D,24D. The third kappa shape index (κ3) is 3.34. The summed E-state index contributed by atoms with van der Waals surface area (Å²) in [5.74, 6) is 0. The van der Waals surface area contributed by atoms with Gasteiger partial charge in [-0.05, 0) is 67.0 Å². The van der Waals surface area contributed by atoms with Crippen LogP contribution in [-0.4, -0.2) is 0 Å². The molecule has 1 nitrogen and oxygen atoms in total. The third-order valence-corrected chi connectivity index (χ3v) is 6.40. The van der Waals surface area contributed by atoms with Crippen molar-refractivity contribution >= 4 is 43.5 Å². The molecule has 8 rings (SSSR count). The summed E-state index contributed by atoms with van der Waals surface area (Å²) in [6, 6.07) is -15.7. The molecule has 0 atom stereocenters. The molecule has 0 aliphatic carbocycles. The van der Waals surface area contributed by atoms with Crippen molar-refractivity contribution in [2.45, 2.75) is 0 Å². The molecule has 0 saturated heterocycles. The fraction of sp³-hybridized carbons (Fsp3) is 0. The SMILES string of the molecule is [2H]c1cc(-c2c([2H])c([2H])c([2H])c([2H])c2-c2c3c([2H])c([2H])c([2H])c([2H])c3c(-c3c([2H])c([2H])c([2H])c4oc5c([2H])c([2H])c([2H])cc5c34)c3c([2H])c([2H])c([2H])c([2H])c23)c([2H])c([2H])c1[2H]. The number of hydrogen-bond donors (Lipinski definition) is 0.